The fourth-order valence-electron chi connectivity index (χ4n) is 2.62. The van der Waals surface area contributed by atoms with Crippen LogP contribution in [0.5, 0.6) is 0 Å². The highest BCUT2D eigenvalue weighted by Crippen LogP contribution is 2.18. The first-order valence-corrected chi connectivity index (χ1v) is 7.49. The van der Waals surface area contributed by atoms with E-state index in [1.807, 2.05) is 6.20 Å². The molecular formula is C17H25N3O. The molecule has 21 heavy (non-hydrogen) atoms. The molecule has 0 saturated carbocycles. The van der Waals surface area contributed by atoms with Crippen molar-refractivity contribution in [3.8, 4) is 5.69 Å². The Morgan fingerprint density at radius 3 is 2.52 bits per heavy atom. The van der Waals surface area contributed by atoms with Gasteiger partial charge in [-0.1, -0.05) is 13.0 Å². The second-order valence-corrected chi connectivity index (χ2v) is 5.40. The summed E-state index contributed by atoms with van der Waals surface area (Å²) in [6, 6.07) is 6.55. The second kappa shape index (κ2) is 7.38. The molecule has 0 atom stereocenters. The first-order valence-electron chi connectivity index (χ1n) is 7.49. The number of nitrogens with zero attached hydrogens (tertiary/aromatic N) is 2. The Morgan fingerprint density at radius 1 is 1.19 bits per heavy atom. The molecule has 0 amide bonds. The van der Waals surface area contributed by atoms with Gasteiger partial charge in [0, 0.05) is 31.5 Å². The first-order chi connectivity index (χ1) is 10.2. The quantitative estimate of drug-likeness (QED) is 0.796. The minimum Gasteiger partial charge on any atom is -0.383 e. The minimum absolute atomic E-state index is 0.729. The van der Waals surface area contributed by atoms with Crippen LogP contribution < -0.4 is 5.32 Å². The van der Waals surface area contributed by atoms with Crippen molar-refractivity contribution < 1.29 is 4.74 Å². The van der Waals surface area contributed by atoms with E-state index in [-0.39, 0.29) is 0 Å². The Balaban J connectivity index is 2.22. The number of hydrogen-bond acceptors (Lipinski definition) is 3. The first kappa shape index (κ1) is 15.7. The smallest absolute Gasteiger partial charge is 0.0654 e. The average Bonchev–Trinajstić information content (AvgIpc) is 2.85. The van der Waals surface area contributed by atoms with Crippen LogP contribution in [0.3, 0.4) is 0 Å². The van der Waals surface area contributed by atoms with Crippen molar-refractivity contribution in [2.45, 2.75) is 33.7 Å². The number of hydrogen-bond donors (Lipinski definition) is 1. The number of benzene rings is 1. The fraction of sp³-hybridized carbons (Fsp3) is 0.471. The standard InChI is InChI=1S/C17H25N3O/c1-5-17-15(11-18-6-7-21-4)12-19-20(17)16-9-13(2)8-14(3)10-16/h8-10,12,18H,5-7,11H2,1-4H3. The number of rotatable bonds is 7. The van der Waals surface area contributed by atoms with Crippen LogP contribution in [0.1, 0.15) is 29.3 Å². The van der Waals surface area contributed by atoms with E-state index in [4.69, 9.17) is 4.74 Å². The molecule has 0 unspecified atom stereocenters. The van der Waals surface area contributed by atoms with Crippen LogP contribution in [0.25, 0.3) is 5.69 Å². The zero-order valence-corrected chi connectivity index (χ0v) is 13.4. The van der Waals surface area contributed by atoms with Gasteiger partial charge in [-0.3, -0.25) is 0 Å². The third kappa shape index (κ3) is 3.93. The van der Waals surface area contributed by atoms with Gasteiger partial charge >= 0.3 is 0 Å². The molecule has 4 heteroatoms. The third-order valence-electron chi connectivity index (χ3n) is 3.54. The lowest BCUT2D eigenvalue weighted by molar-refractivity contribution is 0.199. The van der Waals surface area contributed by atoms with Crippen LogP contribution in [-0.4, -0.2) is 30.0 Å². The number of aryl methyl sites for hydroxylation is 2. The molecule has 114 valence electrons. The maximum absolute atomic E-state index is 5.05. The van der Waals surface area contributed by atoms with Gasteiger partial charge in [0.1, 0.15) is 0 Å². The Morgan fingerprint density at radius 2 is 1.90 bits per heavy atom. The van der Waals surface area contributed by atoms with Crippen LogP contribution in [0.4, 0.5) is 0 Å². The molecule has 0 fully saturated rings. The highest BCUT2D eigenvalue weighted by Gasteiger charge is 2.10. The Labute approximate surface area is 127 Å². The van der Waals surface area contributed by atoms with Crippen molar-refractivity contribution in [3.63, 3.8) is 0 Å². The van der Waals surface area contributed by atoms with Crippen LogP contribution in [-0.2, 0) is 17.7 Å². The maximum Gasteiger partial charge on any atom is 0.0654 e. The molecular weight excluding hydrogens is 262 g/mol. The van der Waals surface area contributed by atoms with Crippen molar-refractivity contribution in [1.29, 1.82) is 0 Å². The predicted octanol–water partition coefficient (Wildman–Crippen LogP) is 2.79. The van der Waals surface area contributed by atoms with Gasteiger partial charge in [-0.25, -0.2) is 4.68 Å². The summed E-state index contributed by atoms with van der Waals surface area (Å²) in [7, 11) is 1.72. The lowest BCUT2D eigenvalue weighted by Gasteiger charge is -2.10. The summed E-state index contributed by atoms with van der Waals surface area (Å²) >= 11 is 0. The van der Waals surface area contributed by atoms with E-state index in [9.17, 15) is 0 Å². The van der Waals surface area contributed by atoms with Crippen molar-refractivity contribution in [1.82, 2.24) is 15.1 Å². The number of ether oxygens (including phenoxy) is 1. The molecule has 0 bridgehead atoms. The van der Waals surface area contributed by atoms with Gasteiger partial charge in [-0.05, 0) is 43.5 Å². The van der Waals surface area contributed by atoms with E-state index >= 15 is 0 Å². The summed E-state index contributed by atoms with van der Waals surface area (Å²) in [6.07, 6.45) is 2.94. The molecule has 0 aliphatic heterocycles. The van der Waals surface area contributed by atoms with Gasteiger partial charge < -0.3 is 10.1 Å². The van der Waals surface area contributed by atoms with Crippen LogP contribution in [0, 0.1) is 13.8 Å². The van der Waals surface area contributed by atoms with Crippen LogP contribution >= 0.6 is 0 Å². The normalized spacial score (nSPS) is 11.0. The summed E-state index contributed by atoms with van der Waals surface area (Å²) in [5.74, 6) is 0. The van der Waals surface area contributed by atoms with Gasteiger partial charge in [-0.15, -0.1) is 0 Å². The molecule has 0 spiro atoms. The molecule has 0 aliphatic carbocycles. The Bertz CT molecular complexity index is 569. The summed E-state index contributed by atoms with van der Waals surface area (Å²) < 4.78 is 7.12. The van der Waals surface area contributed by atoms with Crippen molar-refractivity contribution >= 4 is 0 Å². The van der Waals surface area contributed by atoms with Gasteiger partial charge in [0.15, 0.2) is 0 Å². The van der Waals surface area contributed by atoms with E-state index in [0.29, 0.717) is 0 Å². The van der Waals surface area contributed by atoms with E-state index in [2.05, 4.69) is 54.1 Å². The zero-order chi connectivity index (χ0) is 15.2. The SMILES string of the molecule is CCc1c(CNCCOC)cnn1-c1cc(C)cc(C)c1. The van der Waals surface area contributed by atoms with Gasteiger partial charge in [0.05, 0.1) is 18.5 Å². The third-order valence-corrected chi connectivity index (χ3v) is 3.54. The van der Waals surface area contributed by atoms with Crippen LogP contribution in [0.15, 0.2) is 24.4 Å². The van der Waals surface area contributed by atoms with Crippen molar-refractivity contribution in [2.24, 2.45) is 0 Å². The summed E-state index contributed by atoms with van der Waals surface area (Å²) in [5.41, 5.74) is 6.20. The summed E-state index contributed by atoms with van der Waals surface area (Å²) in [6.45, 7) is 8.84. The van der Waals surface area contributed by atoms with E-state index in [1.54, 1.807) is 7.11 Å². The molecule has 2 rings (SSSR count). The average molecular weight is 287 g/mol. The molecule has 0 radical (unpaired) electrons. The second-order valence-electron chi connectivity index (χ2n) is 5.40. The van der Waals surface area contributed by atoms with E-state index < -0.39 is 0 Å². The highest BCUT2D eigenvalue weighted by molar-refractivity contribution is 5.41. The lowest BCUT2D eigenvalue weighted by Crippen LogP contribution is -2.19. The number of nitrogens with one attached hydrogen (secondary N) is 1. The fourth-order valence-corrected chi connectivity index (χ4v) is 2.62. The molecule has 1 N–H and O–H groups in total. The van der Waals surface area contributed by atoms with Crippen molar-refractivity contribution in [3.05, 3.63) is 46.8 Å². The van der Waals surface area contributed by atoms with E-state index in [1.165, 1.54) is 22.4 Å². The lowest BCUT2D eigenvalue weighted by atomic mass is 10.1. The largest absolute Gasteiger partial charge is 0.383 e. The number of aromatic nitrogens is 2. The Kier molecular flexibility index (Phi) is 5.53. The Hall–Kier alpha value is -1.65. The predicted molar refractivity (Wildman–Crippen MR) is 86.0 cm³/mol. The van der Waals surface area contributed by atoms with Gasteiger partial charge in [0.2, 0.25) is 0 Å². The zero-order valence-electron chi connectivity index (χ0n) is 13.4. The molecule has 1 heterocycles. The van der Waals surface area contributed by atoms with Gasteiger partial charge in [-0.2, -0.15) is 5.10 Å². The van der Waals surface area contributed by atoms with Gasteiger partial charge in [0.25, 0.3) is 0 Å². The molecule has 4 nitrogen and oxygen atoms in total. The maximum atomic E-state index is 5.05. The molecule has 2 aromatic rings. The van der Waals surface area contributed by atoms with Crippen molar-refractivity contribution in [2.75, 3.05) is 20.3 Å². The monoisotopic (exact) mass is 287 g/mol. The topological polar surface area (TPSA) is 39.1 Å². The van der Waals surface area contributed by atoms with E-state index in [0.717, 1.165) is 31.8 Å². The molecule has 1 aromatic heterocycles. The highest BCUT2D eigenvalue weighted by atomic mass is 16.5. The van der Waals surface area contributed by atoms with Crippen LogP contribution in [0.2, 0.25) is 0 Å². The summed E-state index contributed by atoms with van der Waals surface area (Å²) in [4.78, 5) is 0. The summed E-state index contributed by atoms with van der Waals surface area (Å²) in [5, 5.41) is 7.97. The number of methoxy groups -OCH3 is 1. The molecule has 0 saturated heterocycles. The molecule has 0 aliphatic rings. The minimum atomic E-state index is 0.729. The molecule has 1 aromatic carbocycles.